The number of benzene rings is 2. The van der Waals surface area contributed by atoms with Crippen molar-refractivity contribution in [2.45, 2.75) is 18.4 Å². The van der Waals surface area contributed by atoms with Crippen molar-refractivity contribution in [1.29, 1.82) is 0 Å². The summed E-state index contributed by atoms with van der Waals surface area (Å²) in [5, 5.41) is 0. The van der Waals surface area contributed by atoms with Crippen LogP contribution in [-0.4, -0.2) is 62.6 Å². The first-order valence-electron chi connectivity index (χ1n) is 10.3. The van der Waals surface area contributed by atoms with E-state index < -0.39 is 21.9 Å². The highest BCUT2D eigenvalue weighted by atomic mass is 32.2. The van der Waals surface area contributed by atoms with Crippen LogP contribution in [-0.2, 0) is 26.0 Å². The van der Waals surface area contributed by atoms with Gasteiger partial charge in [-0.15, -0.1) is 0 Å². The molecule has 3 aromatic rings. The van der Waals surface area contributed by atoms with Crippen molar-refractivity contribution < 1.29 is 27.5 Å². The standard InChI is InChI=1S/C22H23N3O6S2/c1-3-25-18-9-6-16(21(27)30-2)14-19(18)32-22(25)23-20(26)15-4-7-17(8-5-15)33(28,29)24-10-12-31-13-11-24/h4-9,14H,3,10-13H2,1-2H3. The lowest BCUT2D eigenvalue weighted by Gasteiger charge is -2.26. The largest absolute Gasteiger partial charge is 0.465 e. The Bertz CT molecular complexity index is 1370. The van der Waals surface area contributed by atoms with E-state index >= 15 is 0 Å². The van der Waals surface area contributed by atoms with Crippen LogP contribution >= 0.6 is 11.3 Å². The summed E-state index contributed by atoms with van der Waals surface area (Å²) in [7, 11) is -2.31. The number of morpholine rings is 1. The number of nitrogens with zero attached hydrogens (tertiary/aromatic N) is 3. The van der Waals surface area contributed by atoms with Gasteiger partial charge >= 0.3 is 5.97 Å². The van der Waals surface area contributed by atoms with Crippen LogP contribution < -0.4 is 4.80 Å². The van der Waals surface area contributed by atoms with Crippen LogP contribution in [0, 0.1) is 0 Å². The molecule has 11 heteroatoms. The lowest BCUT2D eigenvalue weighted by atomic mass is 10.2. The smallest absolute Gasteiger partial charge is 0.337 e. The summed E-state index contributed by atoms with van der Waals surface area (Å²) in [6, 6.07) is 11.0. The normalized spacial score (nSPS) is 15.6. The van der Waals surface area contributed by atoms with E-state index in [-0.39, 0.29) is 10.5 Å². The molecule has 1 saturated heterocycles. The van der Waals surface area contributed by atoms with Crippen molar-refractivity contribution in [1.82, 2.24) is 8.87 Å². The van der Waals surface area contributed by atoms with Crippen molar-refractivity contribution in [3.63, 3.8) is 0 Å². The fraction of sp³-hybridized carbons (Fsp3) is 0.318. The number of hydrogen-bond donors (Lipinski definition) is 0. The SMILES string of the molecule is CCn1c(=NC(=O)c2ccc(S(=O)(=O)N3CCOCC3)cc2)sc2cc(C(=O)OC)ccc21. The van der Waals surface area contributed by atoms with Crippen molar-refractivity contribution in [3.05, 3.63) is 58.4 Å². The maximum absolute atomic E-state index is 12.8. The molecule has 1 fully saturated rings. The minimum atomic E-state index is -3.63. The maximum Gasteiger partial charge on any atom is 0.337 e. The third kappa shape index (κ3) is 4.62. The van der Waals surface area contributed by atoms with Crippen LogP contribution in [0.15, 0.2) is 52.4 Å². The van der Waals surface area contributed by atoms with E-state index in [9.17, 15) is 18.0 Å². The van der Waals surface area contributed by atoms with Gasteiger partial charge in [0.2, 0.25) is 10.0 Å². The molecular weight excluding hydrogens is 466 g/mol. The van der Waals surface area contributed by atoms with E-state index in [1.54, 1.807) is 18.2 Å². The molecule has 0 unspecified atom stereocenters. The minimum absolute atomic E-state index is 0.127. The molecule has 0 radical (unpaired) electrons. The van der Waals surface area contributed by atoms with E-state index in [1.165, 1.54) is 47.0 Å². The summed E-state index contributed by atoms with van der Waals surface area (Å²) in [5.41, 5.74) is 1.56. The zero-order valence-corrected chi connectivity index (χ0v) is 19.8. The predicted molar refractivity (Wildman–Crippen MR) is 123 cm³/mol. The molecule has 1 aliphatic heterocycles. The number of thiazole rings is 1. The van der Waals surface area contributed by atoms with Crippen molar-refractivity contribution in [2.75, 3.05) is 33.4 Å². The number of aromatic nitrogens is 1. The molecule has 33 heavy (non-hydrogen) atoms. The van der Waals surface area contributed by atoms with Gasteiger partial charge in [-0.2, -0.15) is 9.30 Å². The highest BCUT2D eigenvalue weighted by Crippen LogP contribution is 2.21. The molecule has 174 valence electrons. The van der Waals surface area contributed by atoms with Gasteiger partial charge < -0.3 is 14.0 Å². The van der Waals surface area contributed by atoms with Gasteiger partial charge in [-0.05, 0) is 49.4 Å². The van der Waals surface area contributed by atoms with E-state index in [0.717, 1.165) is 10.2 Å². The second-order valence-electron chi connectivity index (χ2n) is 7.26. The average molecular weight is 490 g/mol. The summed E-state index contributed by atoms with van der Waals surface area (Å²) < 4.78 is 39.6. The molecule has 0 spiro atoms. The van der Waals surface area contributed by atoms with Crippen LogP contribution in [0.3, 0.4) is 0 Å². The number of hydrogen-bond acceptors (Lipinski definition) is 7. The molecule has 1 amide bonds. The Balaban J connectivity index is 1.64. The summed E-state index contributed by atoms with van der Waals surface area (Å²) in [5.74, 6) is -0.915. The number of rotatable bonds is 5. The first-order chi connectivity index (χ1) is 15.8. The van der Waals surface area contributed by atoms with Gasteiger partial charge in [-0.1, -0.05) is 11.3 Å². The molecule has 0 aliphatic carbocycles. The van der Waals surface area contributed by atoms with Gasteiger partial charge in [0.15, 0.2) is 4.80 Å². The number of carbonyl (C=O) groups excluding carboxylic acids is 2. The number of ether oxygens (including phenoxy) is 2. The van der Waals surface area contributed by atoms with Crippen molar-refractivity contribution in [3.8, 4) is 0 Å². The number of carbonyl (C=O) groups is 2. The Morgan fingerprint density at radius 3 is 2.39 bits per heavy atom. The van der Waals surface area contributed by atoms with Crippen molar-refractivity contribution in [2.24, 2.45) is 4.99 Å². The Labute approximate surface area is 194 Å². The Morgan fingerprint density at radius 1 is 1.09 bits per heavy atom. The monoisotopic (exact) mass is 489 g/mol. The Hall–Kier alpha value is -2.86. The zero-order chi connectivity index (χ0) is 23.6. The van der Waals surface area contributed by atoms with Crippen LogP contribution in [0.25, 0.3) is 10.2 Å². The molecule has 0 N–H and O–H groups in total. The number of methoxy groups -OCH3 is 1. The van der Waals surface area contributed by atoms with E-state index in [0.29, 0.717) is 43.2 Å². The van der Waals surface area contributed by atoms with E-state index in [4.69, 9.17) is 9.47 Å². The summed E-state index contributed by atoms with van der Waals surface area (Å²) in [4.78, 5) is 29.5. The van der Waals surface area contributed by atoms with Crippen LogP contribution in [0.4, 0.5) is 0 Å². The molecule has 2 aromatic carbocycles. The highest BCUT2D eigenvalue weighted by Gasteiger charge is 2.26. The summed E-state index contributed by atoms with van der Waals surface area (Å²) in [6.45, 7) is 3.86. The molecule has 9 nitrogen and oxygen atoms in total. The third-order valence-electron chi connectivity index (χ3n) is 5.33. The molecule has 0 atom stereocenters. The van der Waals surface area contributed by atoms with Gasteiger partial charge in [-0.3, -0.25) is 4.79 Å². The van der Waals surface area contributed by atoms with Crippen LogP contribution in [0.2, 0.25) is 0 Å². The molecule has 0 bridgehead atoms. The number of sulfonamides is 1. The number of aryl methyl sites for hydroxylation is 1. The number of amides is 1. The average Bonchev–Trinajstić information content (AvgIpc) is 3.20. The van der Waals surface area contributed by atoms with E-state index in [1.807, 2.05) is 11.5 Å². The molecule has 1 aliphatic rings. The van der Waals surface area contributed by atoms with Gasteiger partial charge in [0.05, 0.1) is 41.0 Å². The minimum Gasteiger partial charge on any atom is -0.465 e. The predicted octanol–water partition coefficient (Wildman–Crippen LogP) is 2.27. The Morgan fingerprint density at radius 2 is 1.76 bits per heavy atom. The zero-order valence-electron chi connectivity index (χ0n) is 18.2. The first kappa shape index (κ1) is 23.3. The molecule has 0 saturated carbocycles. The summed E-state index contributed by atoms with van der Waals surface area (Å²) in [6.07, 6.45) is 0. The second kappa shape index (κ2) is 9.56. The third-order valence-corrected chi connectivity index (χ3v) is 8.28. The lowest BCUT2D eigenvalue weighted by molar-refractivity contribution is 0.0600. The second-order valence-corrected chi connectivity index (χ2v) is 10.2. The summed E-state index contributed by atoms with van der Waals surface area (Å²) >= 11 is 1.29. The molecular formula is C22H23N3O6S2. The van der Waals surface area contributed by atoms with E-state index in [2.05, 4.69) is 4.99 Å². The fourth-order valence-electron chi connectivity index (χ4n) is 3.57. The quantitative estimate of drug-likeness (QED) is 0.509. The van der Waals surface area contributed by atoms with Gasteiger partial charge in [0.1, 0.15) is 0 Å². The van der Waals surface area contributed by atoms with Gasteiger partial charge in [-0.25, -0.2) is 13.2 Å². The van der Waals surface area contributed by atoms with Gasteiger partial charge in [0, 0.05) is 25.2 Å². The number of esters is 1. The van der Waals surface area contributed by atoms with Gasteiger partial charge in [0.25, 0.3) is 5.91 Å². The number of fused-ring (bicyclic) bond motifs is 1. The van der Waals surface area contributed by atoms with Crippen molar-refractivity contribution >= 4 is 43.5 Å². The first-order valence-corrected chi connectivity index (χ1v) is 12.6. The Kier molecular flexibility index (Phi) is 6.75. The molecule has 4 rings (SSSR count). The lowest BCUT2D eigenvalue weighted by Crippen LogP contribution is -2.40. The highest BCUT2D eigenvalue weighted by molar-refractivity contribution is 7.89. The van der Waals surface area contributed by atoms with Crippen LogP contribution in [0.5, 0.6) is 0 Å². The fourth-order valence-corrected chi connectivity index (χ4v) is 6.11. The molecule has 2 heterocycles. The molecule has 1 aromatic heterocycles. The maximum atomic E-state index is 12.8. The topological polar surface area (TPSA) is 107 Å². The van der Waals surface area contributed by atoms with Crippen LogP contribution in [0.1, 0.15) is 27.6 Å².